The second kappa shape index (κ2) is 5.03. The molecule has 0 N–H and O–H groups in total. The Morgan fingerprint density at radius 2 is 2.00 bits per heavy atom. The molecule has 94 valence electrons. The SMILES string of the molecule is CCC1CCN(C)C1C1CN(C)CC1OC. The molecule has 2 aliphatic rings. The van der Waals surface area contributed by atoms with Crippen LogP contribution in [0.2, 0.25) is 0 Å². The van der Waals surface area contributed by atoms with E-state index in [1.54, 1.807) is 0 Å². The van der Waals surface area contributed by atoms with Crippen LogP contribution in [0.1, 0.15) is 19.8 Å². The van der Waals surface area contributed by atoms with Gasteiger partial charge in [0.15, 0.2) is 0 Å². The molecule has 0 saturated carbocycles. The highest BCUT2D eigenvalue weighted by Gasteiger charge is 2.43. The van der Waals surface area contributed by atoms with Crippen LogP contribution in [-0.4, -0.2) is 62.8 Å². The normalized spacial score (nSPS) is 42.0. The Balaban J connectivity index is 2.09. The molecule has 4 atom stereocenters. The van der Waals surface area contributed by atoms with Crippen LogP contribution < -0.4 is 0 Å². The Labute approximate surface area is 99.7 Å². The smallest absolute Gasteiger partial charge is 0.0753 e. The van der Waals surface area contributed by atoms with Crippen molar-refractivity contribution in [2.75, 3.05) is 40.8 Å². The van der Waals surface area contributed by atoms with Gasteiger partial charge in [0.05, 0.1) is 6.10 Å². The number of hydrogen-bond donors (Lipinski definition) is 0. The fourth-order valence-electron chi connectivity index (χ4n) is 3.74. The first-order chi connectivity index (χ1) is 7.67. The van der Waals surface area contributed by atoms with E-state index in [0.717, 1.165) is 18.5 Å². The first-order valence-electron chi connectivity index (χ1n) is 6.59. The van der Waals surface area contributed by atoms with Gasteiger partial charge in [-0.25, -0.2) is 0 Å². The number of methoxy groups -OCH3 is 1. The molecular weight excluding hydrogens is 200 g/mol. The van der Waals surface area contributed by atoms with Gasteiger partial charge in [-0.05, 0) is 33.0 Å². The summed E-state index contributed by atoms with van der Waals surface area (Å²) < 4.78 is 5.68. The lowest BCUT2D eigenvalue weighted by Crippen LogP contribution is -2.42. The number of rotatable bonds is 3. The molecule has 4 unspecified atom stereocenters. The Kier molecular flexibility index (Phi) is 3.88. The van der Waals surface area contributed by atoms with Gasteiger partial charge in [0.25, 0.3) is 0 Å². The van der Waals surface area contributed by atoms with Gasteiger partial charge < -0.3 is 14.5 Å². The molecule has 3 nitrogen and oxygen atoms in total. The molecule has 0 spiro atoms. The van der Waals surface area contributed by atoms with Gasteiger partial charge >= 0.3 is 0 Å². The van der Waals surface area contributed by atoms with E-state index in [0.29, 0.717) is 12.0 Å². The van der Waals surface area contributed by atoms with Crippen LogP contribution in [0.3, 0.4) is 0 Å². The van der Waals surface area contributed by atoms with Crippen molar-refractivity contribution in [1.82, 2.24) is 9.80 Å². The summed E-state index contributed by atoms with van der Waals surface area (Å²) in [6, 6.07) is 0.736. The monoisotopic (exact) mass is 226 g/mol. The molecule has 0 aromatic rings. The maximum absolute atomic E-state index is 5.68. The number of ether oxygens (including phenoxy) is 1. The highest BCUT2D eigenvalue weighted by molar-refractivity contribution is 4.97. The molecule has 16 heavy (non-hydrogen) atoms. The summed E-state index contributed by atoms with van der Waals surface area (Å²) in [6.07, 6.45) is 3.12. The Morgan fingerprint density at radius 3 is 2.62 bits per heavy atom. The molecule has 0 aromatic carbocycles. The minimum Gasteiger partial charge on any atom is -0.380 e. The molecule has 0 aromatic heterocycles. The molecular formula is C13H26N2O. The van der Waals surface area contributed by atoms with Crippen LogP contribution in [0.15, 0.2) is 0 Å². The number of hydrogen-bond acceptors (Lipinski definition) is 3. The average molecular weight is 226 g/mol. The summed E-state index contributed by atoms with van der Waals surface area (Å²) >= 11 is 0. The van der Waals surface area contributed by atoms with Crippen molar-refractivity contribution < 1.29 is 4.74 Å². The molecule has 3 heteroatoms. The van der Waals surface area contributed by atoms with Crippen LogP contribution in [0.4, 0.5) is 0 Å². The summed E-state index contributed by atoms with van der Waals surface area (Å²) in [5.41, 5.74) is 0. The van der Waals surface area contributed by atoms with Crippen LogP contribution >= 0.6 is 0 Å². The van der Waals surface area contributed by atoms with Crippen molar-refractivity contribution >= 4 is 0 Å². The minimum absolute atomic E-state index is 0.435. The van der Waals surface area contributed by atoms with Gasteiger partial charge in [-0.2, -0.15) is 0 Å². The maximum atomic E-state index is 5.68. The van der Waals surface area contributed by atoms with Gasteiger partial charge in [0.2, 0.25) is 0 Å². The third-order valence-electron chi connectivity index (χ3n) is 4.60. The van der Waals surface area contributed by atoms with Gasteiger partial charge in [-0.1, -0.05) is 13.3 Å². The number of likely N-dealkylation sites (N-methyl/N-ethyl adjacent to an activating group) is 1. The van der Waals surface area contributed by atoms with Crippen molar-refractivity contribution in [2.24, 2.45) is 11.8 Å². The zero-order valence-corrected chi connectivity index (χ0v) is 11.1. The van der Waals surface area contributed by atoms with Gasteiger partial charge in [0, 0.05) is 32.2 Å². The molecule has 2 saturated heterocycles. The van der Waals surface area contributed by atoms with Crippen LogP contribution in [0.25, 0.3) is 0 Å². The van der Waals surface area contributed by atoms with E-state index in [1.807, 2.05) is 7.11 Å². The molecule has 0 radical (unpaired) electrons. The summed E-state index contributed by atoms with van der Waals surface area (Å²) in [7, 11) is 6.36. The second-order valence-corrected chi connectivity index (χ2v) is 5.59. The largest absolute Gasteiger partial charge is 0.380 e. The lowest BCUT2D eigenvalue weighted by Gasteiger charge is -2.33. The molecule has 0 bridgehead atoms. The third kappa shape index (κ3) is 2.13. The highest BCUT2D eigenvalue weighted by atomic mass is 16.5. The fourth-order valence-corrected chi connectivity index (χ4v) is 3.74. The Hall–Kier alpha value is -0.120. The number of nitrogens with zero attached hydrogens (tertiary/aromatic N) is 2. The first-order valence-corrected chi connectivity index (χ1v) is 6.59. The predicted molar refractivity (Wildman–Crippen MR) is 66.6 cm³/mol. The second-order valence-electron chi connectivity index (χ2n) is 5.59. The van der Waals surface area contributed by atoms with E-state index in [4.69, 9.17) is 4.74 Å². The van der Waals surface area contributed by atoms with Crippen molar-refractivity contribution in [3.8, 4) is 0 Å². The lowest BCUT2D eigenvalue weighted by molar-refractivity contribution is 0.0409. The standard InChI is InChI=1S/C13H26N2O/c1-5-10-6-7-15(3)13(10)11-8-14(2)9-12(11)16-4/h10-13H,5-9H2,1-4H3. The Morgan fingerprint density at radius 1 is 1.25 bits per heavy atom. The highest BCUT2D eigenvalue weighted by Crippen LogP contribution is 2.35. The van der Waals surface area contributed by atoms with Crippen molar-refractivity contribution in [3.05, 3.63) is 0 Å². The van der Waals surface area contributed by atoms with Gasteiger partial charge in [0.1, 0.15) is 0 Å². The topological polar surface area (TPSA) is 15.7 Å². The van der Waals surface area contributed by atoms with Gasteiger partial charge in [-0.3, -0.25) is 0 Å². The van der Waals surface area contributed by atoms with Crippen LogP contribution in [0, 0.1) is 11.8 Å². The van der Waals surface area contributed by atoms with Crippen molar-refractivity contribution in [1.29, 1.82) is 0 Å². The summed E-state index contributed by atoms with van der Waals surface area (Å²) in [6.45, 7) is 5.89. The number of likely N-dealkylation sites (tertiary alicyclic amines) is 2. The minimum atomic E-state index is 0.435. The van der Waals surface area contributed by atoms with E-state index in [9.17, 15) is 0 Å². The zero-order valence-electron chi connectivity index (χ0n) is 11.1. The summed E-state index contributed by atoms with van der Waals surface area (Å²) in [5, 5.41) is 0. The van der Waals surface area contributed by atoms with Crippen LogP contribution in [0.5, 0.6) is 0 Å². The predicted octanol–water partition coefficient (Wildman–Crippen LogP) is 1.29. The van der Waals surface area contributed by atoms with E-state index in [1.165, 1.54) is 25.9 Å². The molecule has 2 rings (SSSR count). The average Bonchev–Trinajstić information content (AvgIpc) is 2.80. The molecule has 2 heterocycles. The molecule has 2 aliphatic heterocycles. The van der Waals surface area contributed by atoms with Gasteiger partial charge in [-0.15, -0.1) is 0 Å². The molecule has 2 fully saturated rings. The van der Waals surface area contributed by atoms with Crippen molar-refractivity contribution in [3.63, 3.8) is 0 Å². The maximum Gasteiger partial charge on any atom is 0.0753 e. The Bertz CT molecular complexity index is 234. The van der Waals surface area contributed by atoms with Crippen LogP contribution in [-0.2, 0) is 4.74 Å². The summed E-state index contributed by atoms with van der Waals surface area (Å²) in [4.78, 5) is 4.97. The van der Waals surface area contributed by atoms with E-state index in [2.05, 4.69) is 30.8 Å². The molecule has 0 aliphatic carbocycles. The molecule has 0 amide bonds. The van der Waals surface area contributed by atoms with E-state index in [-0.39, 0.29) is 0 Å². The third-order valence-corrected chi connectivity index (χ3v) is 4.60. The van der Waals surface area contributed by atoms with Crippen molar-refractivity contribution in [2.45, 2.75) is 31.9 Å². The fraction of sp³-hybridized carbons (Fsp3) is 1.00. The first kappa shape index (κ1) is 12.3. The lowest BCUT2D eigenvalue weighted by atomic mass is 9.85. The zero-order chi connectivity index (χ0) is 11.7. The van der Waals surface area contributed by atoms with E-state index < -0.39 is 0 Å². The summed E-state index contributed by atoms with van der Waals surface area (Å²) in [5.74, 6) is 1.58. The quantitative estimate of drug-likeness (QED) is 0.721. The van der Waals surface area contributed by atoms with E-state index >= 15 is 0 Å².